The van der Waals surface area contributed by atoms with Crippen molar-refractivity contribution in [2.24, 2.45) is 0 Å². The van der Waals surface area contributed by atoms with Crippen LogP contribution in [0.5, 0.6) is 11.5 Å². The molecule has 9 nitrogen and oxygen atoms in total. The first kappa shape index (κ1) is 23.5. The summed E-state index contributed by atoms with van der Waals surface area (Å²) in [6.45, 7) is 6.22. The Morgan fingerprint density at radius 3 is 2.62 bits per heavy atom. The van der Waals surface area contributed by atoms with Crippen molar-refractivity contribution >= 4 is 28.2 Å². The van der Waals surface area contributed by atoms with E-state index >= 15 is 0 Å². The molecule has 0 saturated carbocycles. The molecule has 0 spiro atoms. The Morgan fingerprint density at radius 1 is 1.21 bits per heavy atom. The number of nitrogens with one attached hydrogen (secondary N) is 1. The molecule has 1 aromatic carbocycles. The number of aryl methyl sites for hydroxylation is 2. The van der Waals surface area contributed by atoms with Crippen molar-refractivity contribution in [1.29, 1.82) is 0 Å². The van der Waals surface area contributed by atoms with Gasteiger partial charge in [-0.3, -0.25) is 9.36 Å². The number of hydrogen-bond acceptors (Lipinski definition) is 8. The Balaban J connectivity index is 1.70. The maximum atomic E-state index is 13.3. The molecule has 0 radical (unpaired) electrons. The fraction of sp³-hybridized carbons (Fsp3) is 0.333. The highest BCUT2D eigenvalue weighted by molar-refractivity contribution is 7.15. The molecule has 10 heteroatoms. The van der Waals surface area contributed by atoms with Crippen LogP contribution in [0.2, 0.25) is 0 Å². The van der Waals surface area contributed by atoms with Gasteiger partial charge in [0, 0.05) is 22.3 Å². The van der Waals surface area contributed by atoms with E-state index in [0.717, 1.165) is 5.56 Å². The van der Waals surface area contributed by atoms with Crippen LogP contribution >= 0.6 is 11.3 Å². The molecule has 1 atom stereocenters. The molecular weight excluding hydrogens is 458 g/mol. The minimum Gasteiger partial charge on any atom is -0.486 e. The summed E-state index contributed by atoms with van der Waals surface area (Å²) < 4.78 is 17.6. The van der Waals surface area contributed by atoms with E-state index in [-0.39, 0.29) is 5.56 Å². The summed E-state index contributed by atoms with van der Waals surface area (Å²) in [5.74, 6) is 0.222. The highest BCUT2D eigenvalue weighted by Crippen LogP contribution is 2.40. The lowest BCUT2D eigenvalue weighted by atomic mass is 10.0. The number of methoxy groups -OCH3 is 1. The van der Waals surface area contributed by atoms with Crippen LogP contribution in [0.25, 0.3) is 11.1 Å². The van der Waals surface area contributed by atoms with Gasteiger partial charge in [-0.2, -0.15) is 4.98 Å². The second-order valence-electron chi connectivity index (χ2n) is 7.81. The number of anilines is 1. The van der Waals surface area contributed by atoms with Gasteiger partial charge in [0.2, 0.25) is 5.91 Å². The minimum absolute atomic E-state index is 0.235. The first-order valence-corrected chi connectivity index (χ1v) is 11.7. The summed E-state index contributed by atoms with van der Waals surface area (Å²) in [5, 5.41) is 4.95. The van der Waals surface area contributed by atoms with Crippen LogP contribution in [-0.4, -0.2) is 41.8 Å². The monoisotopic (exact) mass is 483 g/mol. The van der Waals surface area contributed by atoms with Crippen LogP contribution in [-0.2, 0) is 9.53 Å². The number of benzene rings is 1. The zero-order valence-corrected chi connectivity index (χ0v) is 20.2. The van der Waals surface area contributed by atoms with E-state index in [1.165, 1.54) is 23.0 Å². The van der Waals surface area contributed by atoms with Crippen LogP contribution in [0.15, 0.2) is 34.4 Å². The lowest BCUT2D eigenvalue weighted by molar-refractivity contribution is -0.119. The van der Waals surface area contributed by atoms with Gasteiger partial charge < -0.3 is 19.5 Å². The van der Waals surface area contributed by atoms with Crippen LogP contribution < -0.4 is 20.5 Å². The number of rotatable bonds is 6. The fourth-order valence-corrected chi connectivity index (χ4v) is 4.96. The van der Waals surface area contributed by atoms with Gasteiger partial charge in [0.05, 0.1) is 7.11 Å². The number of nitrogens with zero attached hydrogens (tertiary/aromatic N) is 2. The van der Waals surface area contributed by atoms with Crippen LogP contribution in [0.3, 0.4) is 0 Å². The quantitative estimate of drug-likeness (QED) is 0.532. The van der Waals surface area contributed by atoms with Gasteiger partial charge in [0.15, 0.2) is 11.5 Å². The maximum Gasteiger partial charge on any atom is 0.348 e. The molecule has 34 heavy (non-hydrogen) atoms. The molecule has 3 aromatic rings. The summed E-state index contributed by atoms with van der Waals surface area (Å²) in [6.07, 6.45) is 0.366. The van der Waals surface area contributed by atoms with E-state index in [1.807, 2.05) is 13.0 Å². The molecular formula is C24H25N3O6S. The van der Waals surface area contributed by atoms with Gasteiger partial charge in [0.25, 0.3) is 0 Å². The van der Waals surface area contributed by atoms with E-state index in [0.29, 0.717) is 53.1 Å². The average Bonchev–Trinajstić information content (AvgIpc) is 3.23. The molecule has 4 rings (SSSR count). The predicted molar refractivity (Wildman–Crippen MR) is 128 cm³/mol. The van der Waals surface area contributed by atoms with Gasteiger partial charge in [-0.15, -0.1) is 11.3 Å². The van der Waals surface area contributed by atoms with Crippen molar-refractivity contribution in [3.05, 3.63) is 57.1 Å². The summed E-state index contributed by atoms with van der Waals surface area (Å²) in [4.78, 5) is 42.5. The third-order valence-electron chi connectivity index (χ3n) is 5.55. The molecule has 1 aliphatic heterocycles. The van der Waals surface area contributed by atoms with E-state index in [2.05, 4.69) is 10.3 Å². The minimum atomic E-state index is -0.786. The number of aromatic nitrogens is 2. The van der Waals surface area contributed by atoms with E-state index in [4.69, 9.17) is 14.2 Å². The number of esters is 1. The number of fused-ring (bicyclic) bond motifs is 1. The standard InChI is InChI=1S/C24H25N3O6S/c1-5-17(27-14(3)10-13(2)25-24(27)30)21(28)26-22-20(23(29)31-4)16(12-34-22)15-6-7-18-19(11-15)33-9-8-32-18/h6-7,10-12,17H,5,8-9H2,1-4H3,(H,26,28). The van der Waals surface area contributed by atoms with Crippen molar-refractivity contribution in [3.63, 3.8) is 0 Å². The largest absolute Gasteiger partial charge is 0.486 e. The number of thiophene rings is 1. The van der Waals surface area contributed by atoms with Crippen molar-refractivity contribution in [3.8, 4) is 22.6 Å². The molecule has 0 bridgehead atoms. The molecule has 0 saturated heterocycles. The first-order chi connectivity index (χ1) is 16.3. The number of carbonyl (C=O) groups excluding carboxylic acids is 2. The Bertz CT molecular complexity index is 1310. The van der Waals surface area contributed by atoms with Crippen molar-refractivity contribution in [2.75, 3.05) is 25.6 Å². The van der Waals surface area contributed by atoms with E-state index in [1.54, 1.807) is 37.4 Å². The van der Waals surface area contributed by atoms with Gasteiger partial charge in [-0.1, -0.05) is 13.0 Å². The average molecular weight is 484 g/mol. The predicted octanol–water partition coefficient (Wildman–Crippen LogP) is 3.74. The number of amides is 1. The summed E-state index contributed by atoms with van der Waals surface area (Å²) >= 11 is 1.21. The third-order valence-corrected chi connectivity index (χ3v) is 6.44. The van der Waals surface area contributed by atoms with E-state index < -0.39 is 23.6 Å². The van der Waals surface area contributed by atoms with Gasteiger partial charge in [0.1, 0.15) is 29.8 Å². The summed E-state index contributed by atoms with van der Waals surface area (Å²) in [6, 6.07) is 6.37. The molecule has 1 aliphatic rings. The molecule has 2 aromatic heterocycles. The van der Waals surface area contributed by atoms with Gasteiger partial charge in [-0.25, -0.2) is 9.59 Å². The first-order valence-electron chi connectivity index (χ1n) is 10.8. The normalized spacial score (nSPS) is 13.3. The Morgan fingerprint density at radius 2 is 1.94 bits per heavy atom. The Hall–Kier alpha value is -3.66. The maximum absolute atomic E-state index is 13.3. The van der Waals surface area contributed by atoms with Crippen molar-refractivity contribution in [1.82, 2.24) is 9.55 Å². The molecule has 0 aliphatic carbocycles. The molecule has 3 heterocycles. The zero-order valence-electron chi connectivity index (χ0n) is 19.3. The van der Waals surface area contributed by atoms with Crippen molar-refractivity contribution in [2.45, 2.75) is 33.2 Å². The highest BCUT2D eigenvalue weighted by atomic mass is 32.1. The number of hydrogen-bond donors (Lipinski definition) is 1. The topological polar surface area (TPSA) is 109 Å². The van der Waals surface area contributed by atoms with Crippen LogP contribution in [0.4, 0.5) is 5.00 Å². The lowest BCUT2D eigenvalue weighted by Gasteiger charge is -2.20. The smallest absolute Gasteiger partial charge is 0.348 e. The van der Waals surface area contributed by atoms with Crippen molar-refractivity contribution < 1.29 is 23.8 Å². The van der Waals surface area contributed by atoms with Crippen LogP contribution in [0.1, 0.15) is 41.1 Å². The SMILES string of the molecule is CCC(C(=O)Nc1scc(-c2ccc3c(c2)OCCO3)c1C(=O)OC)n1c(C)cc(C)nc1=O. The zero-order chi connectivity index (χ0) is 24.4. The number of ether oxygens (including phenoxy) is 3. The van der Waals surface area contributed by atoms with Gasteiger partial charge >= 0.3 is 11.7 Å². The number of carbonyl (C=O) groups is 2. The second kappa shape index (κ2) is 9.68. The Labute approximate surface area is 200 Å². The highest BCUT2D eigenvalue weighted by Gasteiger charge is 2.27. The summed E-state index contributed by atoms with van der Waals surface area (Å²) in [5.41, 5.74) is 2.29. The molecule has 1 unspecified atom stereocenters. The second-order valence-corrected chi connectivity index (χ2v) is 8.69. The van der Waals surface area contributed by atoms with Gasteiger partial charge in [-0.05, 0) is 44.0 Å². The third kappa shape index (κ3) is 4.41. The fourth-order valence-electron chi connectivity index (χ4n) is 4.00. The van der Waals surface area contributed by atoms with E-state index in [9.17, 15) is 14.4 Å². The molecule has 0 fully saturated rings. The molecule has 1 amide bonds. The summed E-state index contributed by atoms with van der Waals surface area (Å²) in [7, 11) is 1.29. The Kier molecular flexibility index (Phi) is 6.69. The van der Waals surface area contributed by atoms with Crippen LogP contribution in [0, 0.1) is 13.8 Å². The molecule has 1 N–H and O–H groups in total. The molecule has 178 valence electrons. The lowest BCUT2D eigenvalue weighted by Crippen LogP contribution is -2.36.